The number of hydrogen-bond acceptors (Lipinski definition) is 3. The van der Waals surface area contributed by atoms with Crippen molar-refractivity contribution in [2.75, 3.05) is 6.61 Å². The summed E-state index contributed by atoms with van der Waals surface area (Å²) in [4.78, 5) is 23.3. The van der Waals surface area contributed by atoms with Crippen LogP contribution in [0.4, 0.5) is 0 Å². The fourth-order valence-corrected chi connectivity index (χ4v) is 2.72. The first kappa shape index (κ1) is 18.0. The maximum absolute atomic E-state index is 12.0. The molecule has 0 aliphatic carbocycles. The maximum Gasteiger partial charge on any atom is 0.258 e. The van der Waals surface area contributed by atoms with Crippen molar-refractivity contribution >= 4 is 11.8 Å². The first-order valence-corrected chi connectivity index (χ1v) is 7.33. The third-order valence-corrected chi connectivity index (χ3v) is 2.96. The van der Waals surface area contributed by atoms with E-state index in [-0.39, 0.29) is 29.0 Å². The molecule has 1 rings (SSSR count). The van der Waals surface area contributed by atoms with Crippen molar-refractivity contribution in [1.29, 1.82) is 0 Å². The number of hydrogen-bond donors (Lipinski definition) is 2. The van der Waals surface area contributed by atoms with Gasteiger partial charge in [-0.15, -0.1) is 0 Å². The Bertz CT molecular complexity index is 545. The molecule has 0 radical (unpaired) electrons. The van der Waals surface area contributed by atoms with E-state index >= 15 is 0 Å². The van der Waals surface area contributed by atoms with Crippen LogP contribution < -0.4 is 15.8 Å². The molecule has 0 unspecified atom stereocenters. The number of benzene rings is 1. The number of ether oxygens (including phenoxy) is 1. The van der Waals surface area contributed by atoms with Gasteiger partial charge >= 0.3 is 0 Å². The molecule has 3 N–H and O–H groups in total. The molecule has 0 aliphatic heterocycles. The highest BCUT2D eigenvalue weighted by Gasteiger charge is 2.27. The van der Waals surface area contributed by atoms with Gasteiger partial charge in [0.1, 0.15) is 5.75 Å². The fourth-order valence-electron chi connectivity index (χ4n) is 2.72. The van der Waals surface area contributed by atoms with Gasteiger partial charge in [0.15, 0.2) is 6.61 Å². The summed E-state index contributed by atoms with van der Waals surface area (Å²) in [6.45, 7) is 10.2. The summed E-state index contributed by atoms with van der Waals surface area (Å²) in [6, 6.07) is 6.61. The highest BCUT2D eigenvalue weighted by molar-refractivity contribution is 5.95. The normalized spacial score (nSPS) is 11.9. The minimum Gasteiger partial charge on any atom is -0.483 e. The van der Waals surface area contributed by atoms with Crippen LogP contribution in [-0.4, -0.2) is 24.0 Å². The van der Waals surface area contributed by atoms with E-state index in [0.717, 1.165) is 6.42 Å². The summed E-state index contributed by atoms with van der Waals surface area (Å²) in [5, 5.41) is 2.95. The van der Waals surface area contributed by atoms with Crippen LogP contribution in [0.15, 0.2) is 24.3 Å². The minimum absolute atomic E-state index is 0.107. The topological polar surface area (TPSA) is 81.4 Å². The lowest BCUT2D eigenvalue weighted by Gasteiger charge is -2.33. The second kappa shape index (κ2) is 6.81. The van der Waals surface area contributed by atoms with Crippen molar-refractivity contribution in [3.05, 3.63) is 29.8 Å². The minimum atomic E-state index is -0.580. The standard InChI is InChI=1S/C17H26N2O3/c1-16(2,3)11-17(4,5)19-14(20)10-22-13-9-7-6-8-12(13)15(18)21/h6-9H,10-11H2,1-5H3,(H2,18,21)(H,19,20). The molecule has 122 valence electrons. The molecule has 1 aromatic rings. The van der Waals surface area contributed by atoms with Gasteiger partial charge < -0.3 is 15.8 Å². The van der Waals surface area contributed by atoms with Crippen LogP contribution >= 0.6 is 0 Å². The second-order valence-corrected chi connectivity index (χ2v) is 7.32. The molecule has 0 atom stereocenters. The van der Waals surface area contributed by atoms with E-state index in [1.54, 1.807) is 24.3 Å². The molecule has 0 heterocycles. The van der Waals surface area contributed by atoms with E-state index in [2.05, 4.69) is 26.1 Å². The molecule has 2 amide bonds. The van der Waals surface area contributed by atoms with E-state index in [0.29, 0.717) is 5.75 Å². The molecule has 5 heteroatoms. The lowest BCUT2D eigenvalue weighted by Crippen LogP contribution is -2.47. The van der Waals surface area contributed by atoms with Crippen molar-refractivity contribution in [2.24, 2.45) is 11.1 Å². The van der Waals surface area contributed by atoms with Crippen LogP contribution in [0.3, 0.4) is 0 Å². The molecule has 0 spiro atoms. The van der Waals surface area contributed by atoms with Crippen LogP contribution in [0.2, 0.25) is 0 Å². The van der Waals surface area contributed by atoms with Crippen LogP contribution in [-0.2, 0) is 4.79 Å². The van der Waals surface area contributed by atoms with Gasteiger partial charge in [0, 0.05) is 5.54 Å². The van der Waals surface area contributed by atoms with Crippen molar-refractivity contribution in [1.82, 2.24) is 5.32 Å². The molecular formula is C17H26N2O3. The van der Waals surface area contributed by atoms with Crippen molar-refractivity contribution in [3.8, 4) is 5.75 Å². The quantitative estimate of drug-likeness (QED) is 0.847. The molecule has 0 aliphatic rings. The Hall–Kier alpha value is -2.04. The average Bonchev–Trinajstić information content (AvgIpc) is 2.32. The third-order valence-electron chi connectivity index (χ3n) is 2.96. The lowest BCUT2D eigenvalue weighted by atomic mass is 9.82. The van der Waals surface area contributed by atoms with Gasteiger partial charge in [-0.1, -0.05) is 32.9 Å². The van der Waals surface area contributed by atoms with Crippen LogP contribution in [0.5, 0.6) is 5.75 Å². The fraction of sp³-hybridized carbons (Fsp3) is 0.529. The molecule has 0 saturated heterocycles. The zero-order valence-electron chi connectivity index (χ0n) is 14.0. The van der Waals surface area contributed by atoms with Crippen molar-refractivity contribution in [3.63, 3.8) is 0 Å². The Morgan fingerprint density at radius 2 is 1.73 bits per heavy atom. The molecule has 0 aromatic heterocycles. The zero-order valence-corrected chi connectivity index (χ0v) is 14.0. The summed E-state index contributed by atoms with van der Waals surface area (Å²) < 4.78 is 5.42. The van der Waals surface area contributed by atoms with E-state index in [9.17, 15) is 9.59 Å². The van der Waals surface area contributed by atoms with Crippen molar-refractivity contribution in [2.45, 2.75) is 46.6 Å². The monoisotopic (exact) mass is 306 g/mol. The maximum atomic E-state index is 12.0. The summed E-state index contributed by atoms with van der Waals surface area (Å²) >= 11 is 0. The highest BCUT2D eigenvalue weighted by atomic mass is 16.5. The molecule has 1 aromatic carbocycles. The number of nitrogens with two attached hydrogens (primary N) is 1. The van der Waals surface area contributed by atoms with Gasteiger partial charge in [-0.2, -0.15) is 0 Å². The van der Waals surface area contributed by atoms with E-state index < -0.39 is 5.91 Å². The number of primary amides is 1. The molecule has 22 heavy (non-hydrogen) atoms. The van der Waals surface area contributed by atoms with Crippen LogP contribution in [0, 0.1) is 5.41 Å². The summed E-state index contributed by atoms with van der Waals surface area (Å²) in [5.41, 5.74) is 5.32. The van der Waals surface area contributed by atoms with Gasteiger partial charge in [-0.3, -0.25) is 9.59 Å². The Morgan fingerprint density at radius 3 is 2.27 bits per heavy atom. The second-order valence-electron chi connectivity index (χ2n) is 7.32. The lowest BCUT2D eigenvalue weighted by molar-refractivity contribution is -0.125. The Labute approximate surface area is 132 Å². The molecule has 0 saturated carbocycles. The highest BCUT2D eigenvalue weighted by Crippen LogP contribution is 2.26. The van der Waals surface area contributed by atoms with E-state index in [1.165, 1.54) is 0 Å². The number of carbonyl (C=O) groups is 2. The molecule has 0 bridgehead atoms. The third kappa shape index (κ3) is 6.16. The largest absolute Gasteiger partial charge is 0.483 e. The summed E-state index contributed by atoms with van der Waals surface area (Å²) in [7, 11) is 0. The zero-order chi connectivity index (χ0) is 17.0. The number of para-hydroxylation sites is 1. The van der Waals surface area contributed by atoms with E-state index in [4.69, 9.17) is 10.5 Å². The smallest absolute Gasteiger partial charge is 0.258 e. The first-order chi connectivity index (χ1) is 10.0. The average molecular weight is 306 g/mol. The van der Waals surface area contributed by atoms with Crippen LogP contribution in [0.1, 0.15) is 51.4 Å². The van der Waals surface area contributed by atoms with Gasteiger partial charge in [-0.05, 0) is 37.8 Å². The SMILES string of the molecule is CC(C)(C)CC(C)(C)NC(=O)COc1ccccc1C(N)=O. The number of nitrogens with one attached hydrogen (secondary N) is 1. The molecule has 5 nitrogen and oxygen atoms in total. The summed E-state index contributed by atoms with van der Waals surface area (Å²) in [5.74, 6) is -0.489. The van der Waals surface area contributed by atoms with Crippen LogP contribution in [0.25, 0.3) is 0 Å². The number of rotatable bonds is 6. The summed E-state index contributed by atoms with van der Waals surface area (Å²) in [6.07, 6.45) is 0.837. The Kier molecular flexibility index (Phi) is 5.58. The predicted octanol–water partition coefficient (Wildman–Crippen LogP) is 2.50. The van der Waals surface area contributed by atoms with Crippen molar-refractivity contribution < 1.29 is 14.3 Å². The Balaban J connectivity index is 2.62. The molecular weight excluding hydrogens is 280 g/mol. The van der Waals surface area contributed by atoms with Gasteiger partial charge in [0.25, 0.3) is 11.8 Å². The Morgan fingerprint density at radius 1 is 1.14 bits per heavy atom. The van der Waals surface area contributed by atoms with E-state index in [1.807, 2.05) is 13.8 Å². The number of carbonyl (C=O) groups excluding carboxylic acids is 2. The molecule has 0 fully saturated rings. The first-order valence-electron chi connectivity index (χ1n) is 7.33. The predicted molar refractivity (Wildman–Crippen MR) is 86.7 cm³/mol. The van der Waals surface area contributed by atoms with Gasteiger partial charge in [0.05, 0.1) is 5.56 Å². The number of amides is 2. The van der Waals surface area contributed by atoms with Gasteiger partial charge in [0.2, 0.25) is 0 Å². The van der Waals surface area contributed by atoms with Gasteiger partial charge in [-0.25, -0.2) is 0 Å².